The maximum atomic E-state index is 4.82. The lowest BCUT2D eigenvalue weighted by Gasteiger charge is -2.45. The first-order valence-electron chi connectivity index (χ1n) is 19.1. The monoisotopic (exact) mass is 610 g/mol. The molecule has 234 valence electrons. The van der Waals surface area contributed by atoms with Gasteiger partial charge in [0.2, 0.25) is 0 Å². The summed E-state index contributed by atoms with van der Waals surface area (Å²) in [6.07, 6.45) is 36.1. The number of hydrogen-bond donors (Lipinski definition) is 2. The number of aryl methyl sites for hydroxylation is 2. The van der Waals surface area contributed by atoms with Crippen molar-refractivity contribution in [1.82, 2.24) is 0 Å². The van der Waals surface area contributed by atoms with Crippen molar-refractivity contribution in [2.45, 2.75) is 202 Å². The molecule has 0 spiro atoms. The van der Waals surface area contributed by atoms with Crippen molar-refractivity contribution in [2.75, 3.05) is 10.2 Å². The SMILES string of the molecule is Cc1cc(N[P+](C2CCCC2)(C2CCCC2)C2CCCC2)c(N[P+](C2CCCC2)(C2CCCC2)C2CCCC2)cc1C. The van der Waals surface area contributed by atoms with E-state index in [1.54, 1.807) is 11.4 Å². The topological polar surface area (TPSA) is 24.1 Å². The van der Waals surface area contributed by atoms with Gasteiger partial charge in [0.15, 0.2) is 0 Å². The fourth-order valence-corrected chi connectivity index (χ4v) is 24.9. The van der Waals surface area contributed by atoms with E-state index < -0.39 is 14.8 Å². The molecular weight excluding hydrogens is 546 g/mol. The predicted molar refractivity (Wildman–Crippen MR) is 191 cm³/mol. The van der Waals surface area contributed by atoms with Gasteiger partial charge in [-0.3, -0.25) is 10.2 Å². The van der Waals surface area contributed by atoms with Gasteiger partial charge in [0.05, 0.1) is 45.3 Å². The summed E-state index contributed by atoms with van der Waals surface area (Å²) in [5, 5.41) is 9.63. The highest BCUT2D eigenvalue weighted by Gasteiger charge is 2.62. The van der Waals surface area contributed by atoms with Crippen molar-refractivity contribution in [3.63, 3.8) is 0 Å². The van der Waals surface area contributed by atoms with E-state index in [-0.39, 0.29) is 0 Å². The lowest BCUT2D eigenvalue weighted by molar-refractivity contribution is 0.754. The van der Waals surface area contributed by atoms with Gasteiger partial charge in [0, 0.05) is 0 Å². The Morgan fingerprint density at radius 1 is 0.381 bits per heavy atom. The molecule has 2 nitrogen and oxygen atoms in total. The third kappa shape index (κ3) is 5.52. The molecule has 6 aliphatic rings. The van der Waals surface area contributed by atoms with Crippen LogP contribution in [0.5, 0.6) is 0 Å². The molecule has 4 heteroatoms. The average Bonchev–Trinajstić information content (AvgIpc) is 3.86. The van der Waals surface area contributed by atoms with Crippen LogP contribution in [0, 0.1) is 13.8 Å². The maximum absolute atomic E-state index is 4.82. The van der Waals surface area contributed by atoms with Crippen molar-refractivity contribution >= 4 is 26.2 Å². The van der Waals surface area contributed by atoms with E-state index in [4.69, 9.17) is 10.2 Å². The summed E-state index contributed by atoms with van der Waals surface area (Å²) >= 11 is 0. The number of anilines is 2. The molecule has 42 heavy (non-hydrogen) atoms. The van der Waals surface area contributed by atoms with E-state index in [1.807, 2.05) is 0 Å². The Kier molecular flexibility index (Phi) is 9.53. The van der Waals surface area contributed by atoms with Crippen molar-refractivity contribution in [3.8, 4) is 0 Å². The smallest absolute Gasteiger partial charge is 0.111 e. The molecule has 6 saturated carbocycles. The average molecular weight is 611 g/mol. The summed E-state index contributed by atoms with van der Waals surface area (Å²) < 4.78 is 0. The summed E-state index contributed by atoms with van der Waals surface area (Å²) in [5.41, 5.74) is 12.1. The minimum atomic E-state index is -1.34. The predicted octanol–water partition coefficient (Wildman–Crippen LogP) is 12.6. The summed E-state index contributed by atoms with van der Waals surface area (Å²) in [5.74, 6) is 0. The van der Waals surface area contributed by atoms with Crippen LogP contribution in [0.1, 0.15) is 165 Å². The van der Waals surface area contributed by atoms with Gasteiger partial charge in [0.1, 0.15) is 14.8 Å². The first-order valence-corrected chi connectivity index (χ1v) is 23.0. The second-order valence-electron chi connectivity index (χ2n) is 16.0. The second-order valence-corrected chi connectivity index (χ2v) is 24.2. The van der Waals surface area contributed by atoms with Crippen LogP contribution in [-0.4, -0.2) is 34.0 Å². The quantitative estimate of drug-likeness (QED) is 0.258. The maximum Gasteiger partial charge on any atom is 0.111 e. The van der Waals surface area contributed by atoms with Gasteiger partial charge < -0.3 is 0 Å². The van der Waals surface area contributed by atoms with Gasteiger partial charge in [-0.05, 0) is 191 Å². The van der Waals surface area contributed by atoms with Gasteiger partial charge in [0.25, 0.3) is 0 Å². The van der Waals surface area contributed by atoms with Crippen LogP contribution in [0.15, 0.2) is 12.1 Å². The van der Waals surface area contributed by atoms with Crippen molar-refractivity contribution in [2.24, 2.45) is 0 Å². The number of hydrogen-bond acceptors (Lipinski definition) is 2. The molecule has 2 N–H and O–H groups in total. The normalized spacial score (nSPS) is 26.3. The summed E-state index contributed by atoms with van der Waals surface area (Å²) in [6, 6.07) is 5.33. The molecule has 6 fully saturated rings. The van der Waals surface area contributed by atoms with Gasteiger partial charge in [-0.25, -0.2) is 0 Å². The summed E-state index contributed by atoms with van der Waals surface area (Å²) in [7, 11) is -2.68. The Balaban J connectivity index is 1.33. The molecule has 1 aromatic carbocycles. The molecule has 0 saturated heterocycles. The Labute approximate surface area is 260 Å². The molecule has 7 rings (SSSR count). The van der Waals surface area contributed by atoms with Crippen LogP contribution in [0.2, 0.25) is 0 Å². The van der Waals surface area contributed by atoms with Crippen LogP contribution in [-0.2, 0) is 0 Å². The molecule has 1 aromatic rings. The Bertz CT molecular complexity index is 869. The Morgan fingerprint density at radius 3 is 0.762 bits per heavy atom. The number of rotatable bonds is 10. The molecule has 0 aliphatic heterocycles. The van der Waals surface area contributed by atoms with Crippen molar-refractivity contribution in [1.29, 1.82) is 0 Å². The zero-order valence-corrected chi connectivity index (χ0v) is 29.3. The van der Waals surface area contributed by atoms with Crippen LogP contribution >= 0.6 is 14.8 Å². The van der Waals surface area contributed by atoms with Crippen LogP contribution < -0.4 is 10.2 Å². The van der Waals surface area contributed by atoms with Crippen LogP contribution in [0.3, 0.4) is 0 Å². The largest absolute Gasteiger partial charge is 0.258 e. The van der Waals surface area contributed by atoms with Gasteiger partial charge in [-0.15, -0.1) is 0 Å². The highest BCUT2D eigenvalue weighted by molar-refractivity contribution is 7.80. The van der Waals surface area contributed by atoms with E-state index in [0.29, 0.717) is 0 Å². The highest BCUT2D eigenvalue weighted by atomic mass is 31.2. The zero-order chi connectivity index (χ0) is 28.6. The third-order valence-corrected chi connectivity index (χ3v) is 25.4. The lowest BCUT2D eigenvalue weighted by atomic mass is 10.1. The van der Waals surface area contributed by atoms with Crippen LogP contribution in [0.4, 0.5) is 11.4 Å². The van der Waals surface area contributed by atoms with Gasteiger partial charge in [-0.2, -0.15) is 0 Å². The van der Waals surface area contributed by atoms with E-state index in [9.17, 15) is 0 Å². The molecule has 0 unspecified atom stereocenters. The van der Waals surface area contributed by atoms with Crippen molar-refractivity contribution in [3.05, 3.63) is 23.3 Å². The Hall–Kier alpha value is -0.320. The highest BCUT2D eigenvalue weighted by Crippen LogP contribution is 2.80. The minimum absolute atomic E-state index is 0.984. The summed E-state index contributed by atoms with van der Waals surface area (Å²) in [6.45, 7) is 4.80. The minimum Gasteiger partial charge on any atom is -0.258 e. The number of benzene rings is 1. The second kappa shape index (κ2) is 13.2. The van der Waals surface area contributed by atoms with E-state index in [2.05, 4.69) is 26.0 Å². The van der Waals surface area contributed by atoms with E-state index in [0.717, 1.165) is 34.0 Å². The fourth-order valence-electron chi connectivity index (χ4n) is 11.7. The summed E-state index contributed by atoms with van der Waals surface area (Å²) in [4.78, 5) is 0. The molecular formula is C38H64N2P2+2. The first kappa shape index (κ1) is 30.3. The molecule has 0 bridgehead atoms. The molecule has 0 amide bonds. The Morgan fingerprint density at radius 2 is 0.571 bits per heavy atom. The molecule has 0 aromatic heterocycles. The first-order chi connectivity index (χ1) is 20.6. The standard InChI is InChI=1S/C38H64N2P2/c1-29-27-37(39-41(31-15-3-4-16-31,32-17-5-6-18-32)33-19-7-8-20-33)38(28-30(29)2)40-42(34-21-9-10-22-34,35-23-11-12-24-35)36-25-13-14-26-36/h27-28,31-36,39-40H,3-26H2,1-2H3/q+2. The molecule has 0 atom stereocenters. The van der Waals surface area contributed by atoms with Crippen molar-refractivity contribution < 1.29 is 0 Å². The van der Waals surface area contributed by atoms with Gasteiger partial charge in [-0.1, -0.05) is 0 Å². The lowest BCUT2D eigenvalue weighted by Crippen LogP contribution is -2.35. The fraction of sp³-hybridized carbons (Fsp3) is 0.842. The molecule has 6 aliphatic carbocycles. The zero-order valence-electron chi connectivity index (χ0n) is 27.5. The molecule has 0 radical (unpaired) electrons. The van der Waals surface area contributed by atoms with E-state index in [1.165, 1.54) is 165 Å². The van der Waals surface area contributed by atoms with Gasteiger partial charge >= 0.3 is 0 Å². The third-order valence-electron chi connectivity index (χ3n) is 13.8. The number of nitrogens with one attached hydrogen (secondary N) is 2. The van der Waals surface area contributed by atoms with Crippen LogP contribution in [0.25, 0.3) is 0 Å². The molecule has 0 heterocycles. The van der Waals surface area contributed by atoms with E-state index >= 15 is 0 Å².